The van der Waals surface area contributed by atoms with Crippen molar-refractivity contribution in [1.82, 2.24) is 15.2 Å². The van der Waals surface area contributed by atoms with Gasteiger partial charge in [0.05, 0.1) is 19.4 Å². The molecule has 1 N–H and O–H groups in total. The second-order valence-corrected chi connectivity index (χ2v) is 6.48. The number of benzene rings is 1. The molecule has 1 aliphatic heterocycles. The van der Waals surface area contributed by atoms with E-state index in [1.54, 1.807) is 18.3 Å². The van der Waals surface area contributed by atoms with Crippen molar-refractivity contribution in [2.24, 2.45) is 0 Å². The van der Waals surface area contributed by atoms with E-state index in [-0.39, 0.29) is 11.3 Å². The van der Waals surface area contributed by atoms with Crippen molar-refractivity contribution in [3.63, 3.8) is 0 Å². The summed E-state index contributed by atoms with van der Waals surface area (Å²) in [5.74, 6) is 0.261. The number of morpholine rings is 1. The number of halogens is 3. The number of rotatable bonds is 6. The van der Waals surface area contributed by atoms with Crippen LogP contribution in [0, 0.1) is 5.82 Å². The molecule has 1 saturated heterocycles. The van der Waals surface area contributed by atoms with Crippen LogP contribution in [0.3, 0.4) is 0 Å². The van der Waals surface area contributed by atoms with Gasteiger partial charge in [0.2, 0.25) is 0 Å². The highest BCUT2D eigenvalue weighted by molar-refractivity contribution is 5.69. The van der Waals surface area contributed by atoms with Crippen molar-refractivity contribution in [2.45, 2.75) is 6.61 Å². The number of hydrogen-bond donors (Lipinski definition) is 1. The fourth-order valence-electron chi connectivity index (χ4n) is 3.09. The lowest BCUT2D eigenvalue weighted by Gasteiger charge is -2.28. The monoisotopic (exact) mass is 417 g/mol. The number of pyridine rings is 1. The van der Waals surface area contributed by atoms with E-state index in [1.807, 2.05) is 6.07 Å². The zero-order chi connectivity index (χ0) is 20.9. The van der Waals surface area contributed by atoms with Gasteiger partial charge in [-0.1, -0.05) is 0 Å². The largest absolute Gasteiger partial charge is 0.435 e. The molecule has 0 spiro atoms. The fraction of sp³-hybridized carbons (Fsp3) is 0.250. The highest BCUT2D eigenvalue weighted by Gasteiger charge is 2.14. The molecule has 30 heavy (non-hydrogen) atoms. The SMILES string of the molecule is Fc1cc(OC(F)F)ccc1-c1cnnc(Nc2ccnc(N3CCOCC3)c2)c1. The van der Waals surface area contributed by atoms with Crippen molar-refractivity contribution in [2.75, 3.05) is 36.5 Å². The van der Waals surface area contributed by atoms with E-state index in [1.165, 1.54) is 18.3 Å². The zero-order valence-corrected chi connectivity index (χ0v) is 15.8. The van der Waals surface area contributed by atoms with E-state index in [0.29, 0.717) is 24.6 Å². The lowest BCUT2D eigenvalue weighted by atomic mass is 10.1. The van der Waals surface area contributed by atoms with Gasteiger partial charge < -0.3 is 19.7 Å². The quantitative estimate of drug-likeness (QED) is 0.653. The van der Waals surface area contributed by atoms with Gasteiger partial charge in [-0.15, -0.1) is 5.10 Å². The number of alkyl halides is 2. The van der Waals surface area contributed by atoms with Gasteiger partial charge >= 0.3 is 6.61 Å². The Hall–Kier alpha value is -3.40. The summed E-state index contributed by atoms with van der Waals surface area (Å²) < 4.78 is 48.6. The van der Waals surface area contributed by atoms with Gasteiger partial charge in [0.15, 0.2) is 5.82 Å². The maximum Gasteiger partial charge on any atom is 0.387 e. The fourth-order valence-corrected chi connectivity index (χ4v) is 3.09. The first kappa shape index (κ1) is 19.9. The molecule has 0 bridgehead atoms. The Labute approximate surface area is 170 Å². The molecule has 3 aromatic rings. The van der Waals surface area contributed by atoms with Crippen LogP contribution >= 0.6 is 0 Å². The highest BCUT2D eigenvalue weighted by Crippen LogP contribution is 2.28. The van der Waals surface area contributed by atoms with E-state index in [9.17, 15) is 13.2 Å². The topological polar surface area (TPSA) is 72.4 Å². The summed E-state index contributed by atoms with van der Waals surface area (Å²) in [4.78, 5) is 6.51. The number of nitrogens with one attached hydrogen (secondary N) is 1. The van der Waals surface area contributed by atoms with E-state index in [4.69, 9.17) is 4.74 Å². The molecule has 0 unspecified atom stereocenters. The molecule has 0 radical (unpaired) electrons. The van der Waals surface area contributed by atoms with Crippen molar-refractivity contribution < 1.29 is 22.6 Å². The number of hydrogen-bond acceptors (Lipinski definition) is 7. The van der Waals surface area contributed by atoms with Gasteiger partial charge in [-0.2, -0.15) is 13.9 Å². The molecule has 1 aliphatic rings. The van der Waals surface area contributed by atoms with E-state index < -0.39 is 12.4 Å². The first-order valence-electron chi connectivity index (χ1n) is 9.22. The van der Waals surface area contributed by atoms with E-state index >= 15 is 0 Å². The average Bonchev–Trinajstić information content (AvgIpc) is 2.74. The highest BCUT2D eigenvalue weighted by atomic mass is 19.3. The van der Waals surface area contributed by atoms with E-state index in [0.717, 1.165) is 30.7 Å². The first-order chi connectivity index (χ1) is 14.6. The molecule has 1 aromatic carbocycles. The number of ether oxygens (including phenoxy) is 2. The van der Waals surface area contributed by atoms with Crippen molar-refractivity contribution >= 4 is 17.3 Å². The Kier molecular flexibility index (Phi) is 5.94. The Bertz CT molecular complexity index is 1020. The summed E-state index contributed by atoms with van der Waals surface area (Å²) in [6, 6.07) is 8.83. The molecule has 10 heteroatoms. The lowest BCUT2D eigenvalue weighted by molar-refractivity contribution is -0.0499. The standard InChI is InChI=1S/C20H18F3N5O2/c21-17-11-15(30-20(22)23)1-2-16(17)13-9-18(27-25-12-13)26-14-3-4-24-19(10-14)28-5-7-29-8-6-28/h1-4,9-12,20H,5-8H2,(H,24,26,27). The molecule has 0 saturated carbocycles. The Morgan fingerprint density at radius 2 is 1.93 bits per heavy atom. The molecule has 3 heterocycles. The minimum absolute atomic E-state index is 0.193. The normalized spacial score (nSPS) is 14.1. The summed E-state index contributed by atoms with van der Waals surface area (Å²) in [6.45, 7) is -0.192. The van der Waals surface area contributed by atoms with Crippen LogP contribution in [0.4, 0.5) is 30.5 Å². The predicted molar refractivity (Wildman–Crippen MR) is 105 cm³/mol. The van der Waals surface area contributed by atoms with Crippen LogP contribution in [0.15, 0.2) is 48.8 Å². The predicted octanol–water partition coefficient (Wildman–Crippen LogP) is 3.86. The van der Waals surface area contributed by atoms with Crippen molar-refractivity contribution in [3.05, 3.63) is 54.6 Å². The molecule has 0 atom stereocenters. The third kappa shape index (κ3) is 4.77. The molecule has 7 nitrogen and oxygen atoms in total. The number of anilines is 3. The zero-order valence-electron chi connectivity index (χ0n) is 15.8. The lowest BCUT2D eigenvalue weighted by Crippen LogP contribution is -2.36. The molecule has 0 aliphatic carbocycles. The van der Waals surface area contributed by atoms with Crippen LogP contribution < -0.4 is 15.0 Å². The third-order valence-corrected chi connectivity index (χ3v) is 4.48. The van der Waals surface area contributed by atoms with Crippen LogP contribution in [0.25, 0.3) is 11.1 Å². The van der Waals surface area contributed by atoms with Crippen molar-refractivity contribution in [3.8, 4) is 16.9 Å². The Morgan fingerprint density at radius 3 is 2.70 bits per heavy atom. The van der Waals surface area contributed by atoms with Gasteiger partial charge in [0, 0.05) is 48.2 Å². The van der Waals surface area contributed by atoms with Crippen LogP contribution in [0.5, 0.6) is 5.75 Å². The first-order valence-corrected chi connectivity index (χ1v) is 9.22. The average molecular weight is 417 g/mol. The Morgan fingerprint density at radius 1 is 1.10 bits per heavy atom. The number of aromatic nitrogens is 3. The molecule has 4 rings (SSSR count). The summed E-state index contributed by atoms with van der Waals surface area (Å²) in [5, 5.41) is 11.1. The summed E-state index contributed by atoms with van der Waals surface area (Å²) in [7, 11) is 0. The van der Waals surface area contributed by atoms with Crippen LogP contribution in [-0.2, 0) is 4.74 Å². The van der Waals surface area contributed by atoms with Gasteiger partial charge in [0.25, 0.3) is 0 Å². The van der Waals surface area contributed by atoms with Crippen LogP contribution in [0.2, 0.25) is 0 Å². The van der Waals surface area contributed by atoms with Crippen LogP contribution in [0.1, 0.15) is 0 Å². The molecule has 156 valence electrons. The Balaban J connectivity index is 1.53. The second kappa shape index (κ2) is 8.95. The van der Waals surface area contributed by atoms with Gasteiger partial charge in [-0.3, -0.25) is 0 Å². The summed E-state index contributed by atoms with van der Waals surface area (Å²) in [5.41, 5.74) is 1.38. The second-order valence-electron chi connectivity index (χ2n) is 6.48. The number of nitrogens with zero attached hydrogens (tertiary/aromatic N) is 4. The van der Waals surface area contributed by atoms with Crippen LogP contribution in [-0.4, -0.2) is 48.1 Å². The summed E-state index contributed by atoms with van der Waals surface area (Å²) >= 11 is 0. The molecule has 0 amide bonds. The molecule has 1 fully saturated rings. The summed E-state index contributed by atoms with van der Waals surface area (Å²) in [6.07, 6.45) is 3.08. The molecular weight excluding hydrogens is 399 g/mol. The third-order valence-electron chi connectivity index (χ3n) is 4.48. The van der Waals surface area contributed by atoms with Gasteiger partial charge in [-0.25, -0.2) is 9.37 Å². The maximum atomic E-state index is 14.4. The smallest absolute Gasteiger partial charge is 0.387 e. The minimum Gasteiger partial charge on any atom is -0.435 e. The van der Waals surface area contributed by atoms with Crippen molar-refractivity contribution in [1.29, 1.82) is 0 Å². The van der Waals surface area contributed by atoms with Gasteiger partial charge in [-0.05, 0) is 24.3 Å². The molecule has 2 aromatic heterocycles. The molecular formula is C20H18F3N5O2. The minimum atomic E-state index is -3.02. The van der Waals surface area contributed by atoms with Gasteiger partial charge in [0.1, 0.15) is 17.4 Å². The maximum absolute atomic E-state index is 14.4. The van der Waals surface area contributed by atoms with E-state index in [2.05, 4.69) is 30.1 Å².